The van der Waals surface area contributed by atoms with Gasteiger partial charge in [0, 0.05) is 13.0 Å². The number of aliphatic imine (C=N–C) groups is 1. The standard InChI is InChI=1S/C26H43N7O6/c1-5-15(4)20(27)23(36)32-19(13-16-8-10-17(34)11-9-16)22(35)33-21(14(2)3)24(37)31-18(25(38)39)7-6-12-30-26(28)29/h8-11,14-15,18-21,34H,5-7,12-13,27H2,1-4H3,(H,31,37)(H,32,36)(H,33,35)(H,38,39)(H4,28,29,30). The Morgan fingerprint density at radius 2 is 1.51 bits per heavy atom. The number of carbonyl (C=O) groups is 4. The Hall–Kier alpha value is -3.87. The van der Waals surface area contributed by atoms with Crippen molar-refractivity contribution in [2.75, 3.05) is 6.54 Å². The van der Waals surface area contributed by atoms with Gasteiger partial charge < -0.3 is 43.4 Å². The van der Waals surface area contributed by atoms with Crippen LogP contribution in [0, 0.1) is 11.8 Å². The SMILES string of the molecule is CCC(C)C(N)C(=O)NC(Cc1ccc(O)cc1)C(=O)NC(C(=O)NC(CCCN=C(N)N)C(=O)O)C(C)C. The number of aromatic hydroxyl groups is 1. The molecule has 0 aliphatic heterocycles. The second-order valence-electron chi connectivity index (χ2n) is 9.92. The monoisotopic (exact) mass is 549 g/mol. The zero-order chi connectivity index (χ0) is 29.7. The van der Waals surface area contributed by atoms with E-state index in [0.717, 1.165) is 0 Å². The summed E-state index contributed by atoms with van der Waals surface area (Å²) >= 11 is 0. The number of rotatable bonds is 16. The van der Waals surface area contributed by atoms with Crippen molar-refractivity contribution < 1.29 is 29.4 Å². The smallest absolute Gasteiger partial charge is 0.326 e. The van der Waals surface area contributed by atoms with E-state index in [4.69, 9.17) is 17.2 Å². The molecule has 0 aliphatic carbocycles. The van der Waals surface area contributed by atoms with E-state index in [-0.39, 0.29) is 37.0 Å². The first-order chi connectivity index (χ1) is 18.3. The zero-order valence-corrected chi connectivity index (χ0v) is 23.0. The van der Waals surface area contributed by atoms with E-state index in [1.54, 1.807) is 26.0 Å². The summed E-state index contributed by atoms with van der Waals surface area (Å²) in [5, 5.41) is 26.9. The van der Waals surface area contributed by atoms with E-state index in [9.17, 15) is 29.4 Å². The number of hydrogen-bond donors (Lipinski definition) is 8. The number of carbonyl (C=O) groups excluding carboxylic acids is 3. The molecule has 5 atom stereocenters. The first-order valence-electron chi connectivity index (χ1n) is 13.0. The van der Waals surface area contributed by atoms with Gasteiger partial charge >= 0.3 is 5.97 Å². The third-order valence-corrected chi connectivity index (χ3v) is 6.38. The average molecular weight is 550 g/mol. The number of nitrogens with one attached hydrogen (secondary N) is 3. The van der Waals surface area contributed by atoms with Crippen LogP contribution in [0.2, 0.25) is 0 Å². The summed E-state index contributed by atoms with van der Waals surface area (Å²) in [6.45, 7) is 7.32. The largest absolute Gasteiger partial charge is 0.508 e. The number of guanidine groups is 1. The molecule has 0 fully saturated rings. The molecule has 1 rings (SSSR count). The molecule has 3 amide bonds. The maximum Gasteiger partial charge on any atom is 0.326 e. The van der Waals surface area contributed by atoms with Gasteiger partial charge in [0.25, 0.3) is 0 Å². The summed E-state index contributed by atoms with van der Waals surface area (Å²) in [5.74, 6) is -3.68. The molecule has 0 spiro atoms. The number of phenols is 1. The molecule has 13 heteroatoms. The minimum absolute atomic E-state index is 0.0467. The Balaban J connectivity index is 3.07. The number of carboxylic acids is 1. The minimum atomic E-state index is -1.24. The van der Waals surface area contributed by atoms with Gasteiger partial charge in [-0.1, -0.05) is 46.2 Å². The molecule has 0 saturated carbocycles. The van der Waals surface area contributed by atoms with Crippen molar-refractivity contribution >= 4 is 29.7 Å². The summed E-state index contributed by atoms with van der Waals surface area (Å²) in [4.78, 5) is 54.8. The fourth-order valence-corrected chi connectivity index (χ4v) is 3.67. The van der Waals surface area contributed by atoms with E-state index >= 15 is 0 Å². The van der Waals surface area contributed by atoms with Crippen molar-refractivity contribution in [3.05, 3.63) is 29.8 Å². The molecule has 11 N–H and O–H groups in total. The van der Waals surface area contributed by atoms with Crippen LogP contribution in [0.15, 0.2) is 29.3 Å². The molecular formula is C26H43N7O6. The van der Waals surface area contributed by atoms with E-state index in [2.05, 4.69) is 20.9 Å². The molecule has 0 aliphatic rings. The molecule has 0 bridgehead atoms. The van der Waals surface area contributed by atoms with Crippen LogP contribution >= 0.6 is 0 Å². The minimum Gasteiger partial charge on any atom is -0.508 e. The van der Waals surface area contributed by atoms with Crippen LogP contribution in [-0.2, 0) is 25.6 Å². The summed E-state index contributed by atoms with van der Waals surface area (Å²) in [7, 11) is 0. The summed E-state index contributed by atoms with van der Waals surface area (Å²) in [6.07, 6.45) is 1.12. The van der Waals surface area contributed by atoms with Crippen LogP contribution in [0.5, 0.6) is 5.75 Å². The van der Waals surface area contributed by atoms with E-state index in [0.29, 0.717) is 18.4 Å². The highest BCUT2D eigenvalue weighted by Crippen LogP contribution is 2.13. The quantitative estimate of drug-likeness (QED) is 0.0756. The molecule has 5 unspecified atom stereocenters. The van der Waals surface area contributed by atoms with Crippen LogP contribution in [0.1, 0.15) is 52.5 Å². The number of nitrogens with two attached hydrogens (primary N) is 3. The molecule has 13 nitrogen and oxygen atoms in total. The Morgan fingerprint density at radius 1 is 0.923 bits per heavy atom. The molecule has 1 aromatic rings. The van der Waals surface area contributed by atoms with Crippen LogP contribution in [0.25, 0.3) is 0 Å². The molecule has 0 aromatic heterocycles. The number of amides is 3. The Kier molecular flexibility index (Phi) is 13.7. The number of benzene rings is 1. The van der Waals surface area contributed by atoms with Gasteiger partial charge in [-0.05, 0) is 42.4 Å². The van der Waals surface area contributed by atoms with E-state index in [1.165, 1.54) is 12.1 Å². The Labute approximate surface area is 229 Å². The molecule has 1 aromatic carbocycles. The number of hydrogen-bond acceptors (Lipinski definition) is 7. The maximum atomic E-state index is 13.4. The van der Waals surface area contributed by atoms with Gasteiger partial charge in [-0.25, -0.2) is 4.79 Å². The number of phenolic OH excluding ortho intramolecular Hbond substituents is 1. The summed E-state index contributed by atoms with van der Waals surface area (Å²) in [5.41, 5.74) is 17.3. The topological polar surface area (TPSA) is 235 Å². The van der Waals surface area contributed by atoms with Crippen molar-refractivity contribution in [1.82, 2.24) is 16.0 Å². The zero-order valence-electron chi connectivity index (χ0n) is 23.0. The second kappa shape index (κ2) is 16.2. The molecule has 39 heavy (non-hydrogen) atoms. The predicted octanol–water partition coefficient (Wildman–Crippen LogP) is -0.443. The Bertz CT molecular complexity index is 995. The Morgan fingerprint density at radius 3 is 2.03 bits per heavy atom. The highest BCUT2D eigenvalue weighted by Gasteiger charge is 2.32. The fourth-order valence-electron chi connectivity index (χ4n) is 3.67. The van der Waals surface area contributed by atoms with Gasteiger partial charge in [0.2, 0.25) is 17.7 Å². The first-order valence-corrected chi connectivity index (χ1v) is 13.0. The van der Waals surface area contributed by atoms with Crippen LogP contribution in [-0.4, -0.2) is 70.6 Å². The van der Waals surface area contributed by atoms with Crippen molar-refractivity contribution in [2.45, 2.75) is 77.5 Å². The molecule has 218 valence electrons. The molecular weight excluding hydrogens is 506 g/mol. The highest BCUT2D eigenvalue weighted by molar-refractivity contribution is 5.94. The van der Waals surface area contributed by atoms with Crippen molar-refractivity contribution in [3.63, 3.8) is 0 Å². The molecule has 0 heterocycles. The van der Waals surface area contributed by atoms with Gasteiger partial charge in [0.1, 0.15) is 23.9 Å². The van der Waals surface area contributed by atoms with Crippen molar-refractivity contribution in [2.24, 2.45) is 34.0 Å². The summed E-state index contributed by atoms with van der Waals surface area (Å²) < 4.78 is 0. The number of carboxylic acid groups (broad SMARTS) is 1. The summed E-state index contributed by atoms with van der Waals surface area (Å²) in [6, 6.07) is 1.92. The second-order valence-corrected chi connectivity index (χ2v) is 9.92. The van der Waals surface area contributed by atoms with Gasteiger partial charge in [-0.3, -0.25) is 19.4 Å². The fraction of sp³-hybridized carbons (Fsp3) is 0.577. The third kappa shape index (κ3) is 11.6. The van der Waals surface area contributed by atoms with E-state index in [1.807, 2.05) is 13.8 Å². The van der Waals surface area contributed by atoms with E-state index < -0.39 is 53.8 Å². The lowest BCUT2D eigenvalue weighted by Crippen LogP contribution is -2.59. The number of aliphatic carboxylic acids is 1. The van der Waals surface area contributed by atoms with Crippen molar-refractivity contribution in [1.29, 1.82) is 0 Å². The van der Waals surface area contributed by atoms with Crippen LogP contribution in [0.4, 0.5) is 0 Å². The van der Waals surface area contributed by atoms with Crippen molar-refractivity contribution in [3.8, 4) is 5.75 Å². The third-order valence-electron chi connectivity index (χ3n) is 6.38. The van der Waals surface area contributed by atoms with Gasteiger partial charge in [-0.2, -0.15) is 0 Å². The predicted molar refractivity (Wildman–Crippen MR) is 147 cm³/mol. The maximum absolute atomic E-state index is 13.4. The first kappa shape index (κ1) is 33.2. The number of nitrogens with zero attached hydrogens (tertiary/aromatic N) is 1. The van der Waals surface area contributed by atoms with Crippen LogP contribution in [0.3, 0.4) is 0 Å². The normalized spacial score (nSPS) is 14.8. The lowest BCUT2D eigenvalue weighted by molar-refractivity contribution is -0.142. The molecule has 0 saturated heterocycles. The van der Waals surface area contributed by atoms with Gasteiger partial charge in [-0.15, -0.1) is 0 Å². The van der Waals surface area contributed by atoms with Crippen LogP contribution < -0.4 is 33.2 Å². The lowest BCUT2D eigenvalue weighted by Gasteiger charge is -2.27. The lowest BCUT2D eigenvalue weighted by atomic mass is 9.97. The van der Waals surface area contributed by atoms with Gasteiger partial charge in [0.15, 0.2) is 5.96 Å². The van der Waals surface area contributed by atoms with Gasteiger partial charge in [0.05, 0.1) is 6.04 Å². The molecule has 0 radical (unpaired) electrons. The highest BCUT2D eigenvalue weighted by atomic mass is 16.4. The average Bonchev–Trinajstić information content (AvgIpc) is 2.87.